The van der Waals surface area contributed by atoms with E-state index in [4.69, 9.17) is 0 Å². The largest absolute Gasteiger partial charge is 0.307 e. The molecule has 0 aliphatic carbocycles. The Labute approximate surface area is 132 Å². The number of aromatic nitrogens is 4. The molecule has 0 fully saturated rings. The Kier molecular flexibility index (Phi) is 4.61. The molecule has 0 aliphatic rings. The fourth-order valence-corrected chi connectivity index (χ4v) is 3.71. The zero-order valence-corrected chi connectivity index (χ0v) is 14.8. The molecule has 2 aromatic heterocycles. The second kappa shape index (κ2) is 5.91. The van der Waals surface area contributed by atoms with Crippen LogP contribution in [0.1, 0.15) is 50.0 Å². The zero-order valence-electron chi connectivity index (χ0n) is 12.4. The maximum absolute atomic E-state index is 4.40. The first kappa shape index (κ1) is 15.6. The fourth-order valence-electron chi connectivity index (χ4n) is 2.21. The number of nitrogens with zero attached hydrogens (tertiary/aromatic N) is 4. The summed E-state index contributed by atoms with van der Waals surface area (Å²) < 4.78 is 7.16. The van der Waals surface area contributed by atoms with Gasteiger partial charge in [0.2, 0.25) is 0 Å². The summed E-state index contributed by atoms with van der Waals surface area (Å²) >= 11 is 5.05. The van der Waals surface area contributed by atoms with Crippen molar-refractivity contribution in [2.45, 2.75) is 45.7 Å². The molecule has 1 atom stereocenters. The van der Waals surface area contributed by atoms with E-state index in [1.54, 1.807) is 0 Å². The van der Waals surface area contributed by atoms with Crippen LogP contribution in [0.3, 0.4) is 0 Å². The molecule has 2 aromatic rings. The Balaban J connectivity index is 2.54. The second-order valence-electron chi connectivity index (χ2n) is 5.65. The first-order chi connectivity index (χ1) is 9.40. The second-order valence-corrected chi connectivity index (χ2v) is 7.29. The van der Waals surface area contributed by atoms with Crippen LogP contribution >= 0.6 is 27.5 Å². The fraction of sp³-hybridized carbons (Fsp3) is 0.615. The van der Waals surface area contributed by atoms with E-state index in [1.807, 2.05) is 17.9 Å². The summed E-state index contributed by atoms with van der Waals surface area (Å²) in [6, 6.07) is 0.0426. The van der Waals surface area contributed by atoms with Gasteiger partial charge in [0.1, 0.15) is 0 Å². The molecule has 7 heteroatoms. The predicted molar refractivity (Wildman–Crippen MR) is 85.1 cm³/mol. The maximum Gasteiger partial charge on any atom is 0.0886 e. The van der Waals surface area contributed by atoms with E-state index in [0.717, 1.165) is 27.3 Å². The van der Waals surface area contributed by atoms with Crippen LogP contribution in [0.5, 0.6) is 0 Å². The van der Waals surface area contributed by atoms with E-state index < -0.39 is 0 Å². The van der Waals surface area contributed by atoms with E-state index in [0.29, 0.717) is 0 Å². The molecule has 1 N–H and O–H groups in total. The van der Waals surface area contributed by atoms with Crippen molar-refractivity contribution in [1.29, 1.82) is 0 Å². The lowest BCUT2D eigenvalue weighted by molar-refractivity contribution is 0.530. The van der Waals surface area contributed by atoms with Gasteiger partial charge < -0.3 is 5.32 Å². The Morgan fingerprint density at radius 1 is 1.45 bits per heavy atom. The highest BCUT2D eigenvalue weighted by Gasteiger charge is 2.30. The maximum atomic E-state index is 4.40. The molecule has 2 heterocycles. The highest BCUT2D eigenvalue weighted by Crippen LogP contribution is 2.35. The molecule has 0 amide bonds. The predicted octanol–water partition coefficient (Wildman–Crippen LogP) is 3.12. The van der Waals surface area contributed by atoms with Gasteiger partial charge in [-0.05, 0) is 41.4 Å². The number of halogens is 1. The molecule has 110 valence electrons. The molecule has 0 bridgehead atoms. The van der Waals surface area contributed by atoms with Gasteiger partial charge in [0, 0.05) is 12.0 Å². The summed E-state index contributed by atoms with van der Waals surface area (Å²) in [4.78, 5) is 1.15. The number of hydrogen-bond donors (Lipinski definition) is 1. The smallest absolute Gasteiger partial charge is 0.0886 e. The van der Waals surface area contributed by atoms with E-state index in [1.165, 1.54) is 11.5 Å². The van der Waals surface area contributed by atoms with Crippen molar-refractivity contribution in [3.8, 4) is 0 Å². The summed E-state index contributed by atoms with van der Waals surface area (Å²) in [6.45, 7) is 9.39. The van der Waals surface area contributed by atoms with Gasteiger partial charge in [-0.1, -0.05) is 25.3 Å². The van der Waals surface area contributed by atoms with E-state index in [-0.39, 0.29) is 11.5 Å². The summed E-state index contributed by atoms with van der Waals surface area (Å²) in [5, 5.41) is 12.1. The quantitative estimate of drug-likeness (QED) is 0.913. The van der Waals surface area contributed by atoms with E-state index in [2.05, 4.69) is 63.6 Å². The van der Waals surface area contributed by atoms with Crippen molar-refractivity contribution in [2.75, 3.05) is 7.05 Å². The molecular weight excluding hydrogens is 338 g/mol. The summed E-state index contributed by atoms with van der Waals surface area (Å²) in [5.74, 6) is 0. The van der Waals surface area contributed by atoms with Crippen LogP contribution in [0.4, 0.5) is 0 Å². The molecule has 0 spiro atoms. The minimum atomic E-state index is -0.0268. The lowest BCUT2D eigenvalue weighted by atomic mass is 9.89. The third kappa shape index (κ3) is 2.80. The van der Waals surface area contributed by atoms with Gasteiger partial charge in [-0.15, -0.1) is 5.10 Å². The van der Waals surface area contributed by atoms with E-state index in [9.17, 15) is 0 Å². The summed E-state index contributed by atoms with van der Waals surface area (Å²) in [5.41, 5.74) is 2.13. The van der Waals surface area contributed by atoms with Gasteiger partial charge in [0.25, 0.3) is 0 Å². The molecule has 2 rings (SSSR count). The van der Waals surface area contributed by atoms with Crippen molar-refractivity contribution in [3.63, 3.8) is 0 Å². The SMILES string of the molecule is CCn1ncc(Br)c1C(NC)c1snnc1C(C)(C)C. The minimum Gasteiger partial charge on any atom is -0.307 e. The highest BCUT2D eigenvalue weighted by atomic mass is 79.9. The van der Waals surface area contributed by atoms with Crippen LogP contribution in [0.2, 0.25) is 0 Å². The monoisotopic (exact) mass is 357 g/mol. The van der Waals surface area contributed by atoms with Gasteiger partial charge in [-0.25, -0.2) is 0 Å². The average molecular weight is 358 g/mol. The number of nitrogens with one attached hydrogen (secondary N) is 1. The first-order valence-corrected chi connectivity index (χ1v) is 8.18. The molecule has 20 heavy (non-hydrogen) atoms. The molecular formula is C13H20BrN5S. The lowest BCUT2D eigenvalue weighted by Crippen LogP contribution is -2.25. The Hall–Kier alpha value is -0.790. The lowest BCUT2D eigenvalue weighted by Gasteiger charge is -2.22. The molecule has 1 unspecified atom stereocenters. The Bertz CT molecular complexity index is 584. The van der Waals surface area contributed by atoms with Crippen molar-refractivity contribution < 1.29 is 0 Å². The van der Waals surface area contributed by atoms with Crippen LogP contribution in [-0.4, -0.2) is 26.4 Å². The first-order valence-electron chi connectivity index (χ1n) is 6.61. The minimum absolute atomic E-state index is 0.0268. The van der Waals surface area contributed by atoms with Crippen LogP contribution < -0.4 is 5.32 Å². The van der Waals surface area contributed by atoms with Gasteiger partial charge in [0.05, 0.1) is 33.0 Å². The molecule has 0 aliphatic heterocycles. The van der Waals surface area contributed by atoms with Crippen LogP contribution in [0.15, 0.2) is 10.7 Å². The molecule has 0 aromatic carbocycles. The standard InChI is InChI=1S/C13H20BrN5S/c1-6-19-10(8(14)7-16-19)9(15-5)11-12(13(2,3)4)17-18-20-11/h7,9,15H,6H2,1-5H3. The molecule has 0 saturated heterocycles. The van der Waals surface area contributed by atoms with Crippen LogP contribution in [0.25, 0.3) is 0 Å². The topological polar surface area (TPSA) is 55.6 Å². The molecule has 0 radical (unpaired) electrons. The summed E-state index contributed by atoms with van der Waals surface area (Å²) in [6.07, 6.45) is 1.84. The van der Waals surface area contributed by atoms with Crippen molar-refractivity contribution in [1.82, 2.24) is 24.7 Å². The number of rotatable bonds is 4. The van der Waals surface area contributed by atoms with Gasteiger partial charge in [-0.3, -0.25) is 4.68 Å². The Morgan fingerprint density at radius 2 is 2.15 bits per heavy atom. The third-order valence-electron chi connectivity index (χ3n) is 3.18. The third-order valence-corrected chi connectivity index (χ3v) is 4.58. The van der Waals surface area contributed by atoms with Gasteiger partial charge in [0.15, 0.2) is 0 Å². The van der Waals surface area contributed by atoms with Gasteiger partial charge >= 0.3 is 0 Å². The molecule has 5 nitrogen and oxygen atoms in total. The summed E-state index contributed by atoms with van der Waals surface area (Å²) in [7, 11) is 1.95. The van der Waals surface area contributed by atoms with Crippen LogP contribution in [-0.2, 0) is 12.0 Å². The number of aryl methyl sites for hydroxylation is 1. The van der Waals surface area contributed by atoms with E-state index >= 15 is 0 Å². The van der Waals surface area contributed by atoms with Crippen molar-refractivity contribution >= 4 is 27.5 Å². The molecule has 0 saturated carbocycles. The van der Waals surface area contributed by atoms with Crippen molar-refractivity contribution in [3.05, 3.63) is 26.9 Å². The number of hydrogen-bond acceptors (Lipinski definition) is 5. The average Bonchev–Trinajstić information content (AvgIpc) is 2.98. The Morgan fingerprint density at radius 3 is 2.70 bits per heavy atom. The zero-order chi connectivity index (χ0) is 14.9. The van der Waals surface area contributed by atoms with Crippen LogP contribution in [0, 0.1) is 0 Å². The van der Waals surface area contributed by atoms with Gasteiger partial charge in [-0.2, -0.15) is 5.10 Å². The highest BCUT2D eigenvalue weighted by molar-refractivity contribution is 9.10. The normalized spacial score (nSPS) is 13.7. The van der Waals surface area contributed by atoms with Crippen molar-refractivity contribution in [2.24, 2.45) is 0 Å².